The van der Waals surface area contributed by atoms with Gasteiger partial charge < -0.3 is 15.4 Å². The Morgan fingerprint density at radius 3 is 2.31 bits per heavy atom. The summed E-state index contributed by atoms with van der Waals surface area (Å²) >= 11 is 0. The number of hydrogen-bond donors (Lipinski definition) is 2. The molecule has 0 unspecified atom stereocenters. The summed E-state index contributed by atoms with van der Waals surface area (Å²) in [5.41, 5.74) is 1.62. The van der Waals surface area contributed by atoms with Gasteiger partial charge in [0.1, 0.15) is 11.6 Å². The molecule has 0 saturated heterocycles. The quantitative estimate of drug-likeness (QED) is 0.635. The number of ether oxygens (including phenoxy) is 1. The Labute approximate surface area is 154 Å². The number of anilines is 3. The van der Waals surface area contributed by atoms with Crippen LogP contribution in [0.2, 0.25) is 0 Å². The van der Waals surface area contributed by atoms with Gasteiger partial charge in [-0.15, -0.1) is 0 Å². The van der Waals surface area contributed by atoms with Crippen molar-refractivity contribution in [1.82, 2.24) is 9.97 Å². The Bertz CT molecular complexity index is 873. The molecular weight excluding hydrogens is 324 g/mol. The fourth-order valence-corrected chi connectivity index (χ4v) is 2.47. The first-order chi connectivity index (χ1) is 12.4. The van der Waals surface area contributed by atoms with Crippen molar-refractivity contribution in [3.63, 3.8) is 0 Å². The van der Waals surface area contributed by atoms with Gasteiger partial charge in [-0.1, -0.05) is 30.3 Å². The summed E-state index contributed by atoms with van der Waals surface area (Å²) in [6.45, 7) is 8.24. The van der Waals surface area contributed by atoms with Crippen LogP contribution >= 0.6 is 0 Å². The van der Waals surface area contributed by atoms with E-state index in [1.807, 2.05) is 67.6 Å². The summed E-state index contributed by atoms with van der Waals surface area (Å²) in [4.78, 5) is 9.06. The molecule has 0 aliphatic carbocycles. The molecular formula is C21H24N4O. The highest BCUT2D eigenvalue weighted by molar-refractivity contribution is 5.64. The third-order valence-corrected chi connectivity index (χ3v) is 3.46. The van der Waals surface area contributed by atoms with Crippen LogP contribution in [-0.2, 0) is 0 Å². The lowest BCUT2D eigenvalue weighted by Gasteiger charge is -2.22. The van der Waals surface area contributed by atoms with Gasteiger partial charge in [0.25, 0.3) is 0 Å². The van der Waals surface area contributed by atoms with Crippen LogP contribution in [0.3, 0.4) is 0 Å². The van der Waals surface area contributed by atoms with Crippen LogP contribution in [0.4, 0.5) is 17.5 Å². The van der Waals surface area contributed by atoms with Crippen LogP contribution in [0.25, 0.3) is 0 Å². The smallest absolute Gasteiger partial charge is 0.229 e. The maximum atomic E-state index is 5.99. The van der Waals surface area contributed by atoms with E-state index in [0.717, 1.165) is 22.9 Å². The molecule has 0 spiro atoms. The first-order valence-electron chi connectivity index (χ1n) is 8.62. The van der Waals surface area contributed by atoms with E-state index in [1.165, 1.54) is 0 Å². The predicted octanol–water partition coefficient (Wildman–Crippen LogP) is 5.53. The molecule has 26 heavy (non-hydrogen) atoms. The second kappa shape index (κ2) is 7.44. The lowest BCUT2D eigenvalue weighted by molar-refractivity contribution is 0.485. The van der Waals surface area contributed by atoms with Gasteiger partial charge in [0.15, 0.2) is 5.75 Å². The minimum absolute atomic E-state index is 0.0770. The van der Waals surface area contributed by atoms with Crippen molar-refractivity contribution in [2.75, 3.05) is 10.6 Å². The highest BCUT2D eigenvalue weighted by Crippen LogP contribution is 2.31. The average Bonchev–Trinajstić information content (AvgIpc) is 2.55. The fourth-order valence-electron chi connectivity index (χ4n) is 2.47. The molecule has 5 heteroatoms. The van der Waals surface area contributed by atoms with Crippen molar-refractivity contribution < 1.29 is 4.74 Å². The van der Waals surface area contributed by atoms with E-state index < -0.39 is 0 Å². The van der Waals surface area contributed by atoms with Crippen molar-refractivity contribution in [3.8, 4) is 11.5 Å². The zero-order chi connectivity index (χ0) is 18.6. The SMILES string of the molecule is Cc1cc(NC(C)(C)C)nc(Nc2ccccc2Oc2ccccc2)n1. The largest absolute Gasteiger partial charge is 0.455 e. The molecule has 1 heterocycles. The molecule has 3 rings (SSSR count). The second-order valence-electron chi connectivity index (χ2n) is 7.13. The molecule has 2 N–H and O–H groups in total. The molecule has 3 aromatic rings. The number of para-hydroxylation sites is 3. The normalized spacial score (nSPS) is 11.1. The van der Waals surface area contributed by atoms with Crippen molar-refractivity contribution in [1.29, 1.82) is 0 Å². The lowest BCUT2D eigenvalue weighted by Crippen LogP contribution is -2.27. The summed E-state index contributed by atoms with van der Waals surface area (Å²) in [7, 11) is 0. The van der Waals surface area contributed by atoms with Gasteiger partial charge in [-0.05, 0) is 52.0 Å². The molecule has 0 aliphatic heterocycles. The highest BCUT2D eigenvalue weighted by atomic mass is 16.5. The van der Waals surface area contributed by atoms with E-state index in [2.05, 4.69) is 41.4 Å². The highest BCUT2D eigenvalue weighted by Gasteiger charge is 2.13. The van der Waals surface area contributed by atoms with E-state index in [-0.39, 0.29) is 5.54 Å². The number of benzene rings is 2. The van der Waals surface area contributed by atoms with Gasteiger partial charge in [-0.3, -0.25) is 0 Å². The third kappa shape index (κ3) is 4.96. The summed E-state index contributed by atoms with van der Waals surface area (Å²) in [5, 5.41) is 6.65. The van der Waals surface area contributed by atoms with Crippen LogP contribution < -0.4 is 15.4 Å². The minimum atomic E-state index is -0.0770. The molecule has 0 radical (unpaired) electrons. The summed E-state index contributed by atoms with van der Waals surface area (Å²) < 4.78 is 5.99. The Hall–Kier alpha value is -3.08. The molecule has 1 aromatic heterocycles. The number of hydrogen-bond acceptors (Lipinski definition) is 5. The van der Waals surface area contributed by atoms with E-state index in [0.29, 0.717) is 11.7 Å². The zero-order valence-corrected chi connectivity index (χ0v) is 15.6. The standard InChI is InChI=1S/C21H24N4O/c1-15-14-19(25-21(2,3)4)24-20(22-15)23-17-12-8-9-13-18(17)26-16-10-6-5-7-11-16/h5-14H,1-4H3,(H2,22,23,24,25). The third-order valence-electron chi connectivity index (χ3n) is 3.46. The van der Waals surface area contributed by atoms with Gasteiger partial charge in [-0.25, -0.2) is 4.98 Å². The van der Waals surface area contributed by atoms with E-state index in [9.17, 15) is 0 Å². The maximum Gasteiger partial charge on any atom is 0.229 e. The summed E-state index contributed by atoms with van der Waals surface area (Å²) in [6, 6.07) is 19.4. The Balaban J connectivity index is 1.85. The Kier molecular flexibility index (Phi) is 5.07. The fraction of sp³-hybridized carbons (Fsp3) is 0.238. The monoisotopic (exact) mass is 348 g/mol. The van der Waals surface area contributed by atoms with Gasteiger partial charge >= 0.3 is 0 Å². The number of rotatable bonds is 5. The molecule has 5 nitrogen and oxygen atoms in total. The van der Waals surface area contributed by atoms with Crippen molar-refractivity contribution in [2.24, 2.45) is 0 Å². The summed E-state index contributed by atoms with van der Waals surface area (Å²) in [5.74, 6) is 2.81. The maximum absolute atomic E-state index is 5.99. The minimum Gasteiger partial charge on any atom is -0.455 e. The topological polar surface area (TPSA) is 59.1 Å². The van der Waals surface area contributed by atoms with Crippen LogP contribution in [0.15, 0.2) is 60.7 Å². The molecule has 0 amide bonds. The number of aryl methyl sites for hydroxylation is 1. The molecule has 0 aliphatic rings. The molecule has 0 saturated carbocycles. The van der Waals surface area contributed by atoms with Crippen molar-refractivity contribution in [2.45, 2.75) is 33.2 Å². The average molecular weight is 348 g/mol. The van der Waals surface area contributed by atoms with Crippen LogP contribution in [0.1, 0.15) is 26.5 Å². The zero-order valence-electron chi connectivity index (χ0n) is 15.6. The lowest BCUT2D eigenvalue weighted by atomic mass is 10.1. The molecule has 0 fully saturated rings. The molecule has 0 atom stereocenters. The molecule has 2 aromatic carbocycles. The number of nitrogens with one attached hydrogen (secondary N) is 2. The predicted molar refractivity (Wildman–Crippen MR) is 106 cm³/mol. The van der Waals surface area contributed by atoms with E-state index in [1.54, 1.807) is 0 Å². The summed E-state index contributed by atoms with van der Waals surface area (Å²) in [6.07, 6.45) is 0. The second-order valence-corrected chi connectivity index (χ2v) is 7.13. The van der Waals surface area contributed by atoms with Crippen LogP contribution in [0.5, 0.6) is 11.5 Å². The number of aromatic nitrogens is 2. The Morgan fingerprint density at radius 1 is 0.885 bits per heavy atom. The van der Waals surface area contributed by atoms with Gasteiger partial charge in [0.05, 0.1) is 5.69 Å². The van der Waals surface area contributed by atoms with Gasteiger partial charge in [0.2, 0.25) is 5.95 Å². The Morgan fingerprint density at radius 2 is 1.58 bits per heavy atom. The first kappa shape index (κ1) is 17.7. The van der Waals surface area contributed by atoms with Crippen LogP contribution in [-0.4, -0.2) is 15.5 Å². The van der Waals surface area contributed by atoms with E-state index in [4.69, 9.17) is 4.74 Å². The van der Waals surface area contributed by atoms with Gasteiger partial charge in [0, 0.05) is 17.3 Å². The molecule has 134 valence electrons. The van der Waals surface area contributed by atoms with Crippen LogP contribution in [0, 0.1) is 6.92 Å². The van der Waals surface area contributed by atoms with Crippen molar-refractivity contribution >= 4 is 17.5 Å². The van der Waals surface area contributed by atoms with Gasteiger partial charge in [-0.2, -0.15) is 4.98 Å². The molecule has 0 bridgehead atoms. The van der Waals surface area contributed by atoms with E-state index >= 15 is 0 Å². The first-order valence-corrected chi connectivity index (χ1v) is 8.62. The number of nitrogens with zero attached hydrogens (tertiary/aromatic N) is 2. The van der Waals surface area contributed by atoms with Crippen molar-refractivity contribution in [3.05, 3.63) is 66.4 Å².